The molecule has 2 aliphatic rings. The fraction of sp³-hybridized carbons (Fsp3) is 0.833. The van der Waals surface area contributed by atoms with Gasteiger partial charge in [0.05, 0.1) is 0 Å². The van der Waals surface area contributed by atoms with Crippen LogP contribution in [-0.2, 0) is 9.59 Å². The van der Waals surface area contributed by atoms with Crippen molar-refractivity contribution in [3.63, 3.8) is 0 Å². The van der Waals surface area contributed by atoms with Crippen molar-refractivity contribution in [2.24, 2.45) is 5.92 Å². The molecule has 2 heterocycles. The summed E-state index contributed by atoms with van der Waals surface area (Å²) in [4.78, 5) is 27.3. The molecule has 0 atom stereocenters. The van der Waals surface area contributed by atoms with Gasteiger partial charge in [-0.2, -0.15) is 0 Å². The van der Waals surface area contributed by atoms with Crippen LogP contribution in [0.3, 0.4) is 0 Å². The number of aliphatic hydroxyl groups is 1. The first-order valence-corrected chi connectivity index (χ1v) is 6.62. The highest BCUT2D eigenvalue weighted by Gasteiger charge is 2.30. The van der Waals surface area contributed by atoms with Gasteiger partial charge < -0.3 is 20.2 Å². The van der Waals surface area contributed by atoms with E-state index in [4.69, 9.17) is 5.11 Å². The van der Waals surface area contributed by atoms with E-state index in [1.165, 1.54) is 0 Å². The van der Waals surface area contributed by atoms with E-state index in [-0.39, 0.29) is 24.3 Å². The molecule has 6 heteroatoms. The molecule has 0 unspecified atom stereocenters. The minimum Gasteiger partial charge on any atom is -0.396 e. The fourth-order valence-corrected chi connectivity index (χ4v) is 2.46. The van der Waals surface area contributed by atoms with Crippen LogP contribution in [0.25, 0.3) is 0 Å². The second kappa shape index (κ2) is 6.15. The summed E-state index contributed by atoms with van der Waals surface area (Å²) in [6, 6.07) is 0. The molecular weight excluding hydrogens is 234 g/mol. The Bertz CT molecular complexity index is 308. The van der Waals surface area contributed by atoms with Gasteiger partial charge in [0.15, 0.2) is 0 Å². The summed E-state index contributed by atoms with van der Waals surface area (Å²) in [6.45, 7) is 4.07. The monoisotopic (exact) mass is 255 g/mol. The number of amides is 2. The molecule has 2 fully saturated rings. The number of hydrogen-bond acceptors (Lipinski definition) is 4. The van der Waals surface area contributed by atoms with Crippen LogP contribution in [0, 0.1) is 5.92 Å². The van der Waals surface area contributed by atoms with Gasteiger partial charge in [-0.25, -0.2) is 0 Å². The molecule has 102 valence electrons. The molecule has 0 saturated carbocycles. The van der Waals surface area contributed by atoms with E-state index in [9.17, 15) is 9.59 Å². The number of rotatable bonds is 1. The first-order valence-electron chi connectivity index (χ1n) is 6.62. The van der Waals surface area contributed by atoms with Gasteiger partial charge >= 0.3 is 11.8 Å². The van der Waals surface area contributed by atoms with E-state index in [0.29, 0.717) is 26.2 Å². The standard InChI is InChI=1S/C12H21N3O3/c16-9-10-1-5-14(6-2-10)11(17)12(18)15-7-3-13-4-8-15/h10,13,16H,1-9H2. The number of likely N-dealkylation sites (tertiary alicyclic amines) is 1. The summed E-state index contributed by atoms with van der Waals surface area (Å²) in [5.74, 6) is -0.476. The molecule has 2 N–H and O–H groups in total. The van der Waals surface area contributed by atoms with Gasteiger partial charge in [-0.15, -0.1) is 0 Å². The van der Waals surface area contributed by atoms with Crippen LogP contribution >= 0.6 is 0 Å². The molecule has 6 nitrogen and oxygen atoms in total. The first-order chi connectivity index (χ1) is 8.72. The number of piperidine rings is 1. The molecule has 0 aliphatic carbocycles. The summed E-state index contributed by atoms with van der Waals surface area (Å²) in [6.07, 6.45) is 1.58. The Morgan fingerprint density at radius 2 is 1.50 bits per heavy atom. The second-order valence-electron chi connectivity index (χ2n) is 4.96. The van der Waals surface area contributed by atoms with Gasteiger partial charge in [0.1, 0.15) is 0 Å². The SMILES string of the molecule is O=C(C(=O)N1CCC(CO)CC1)N1CCNCC1. The molecular formula is C12H21N3O3. The van der Waals surface area contributed by atoms with E-state index >= 15 is 0 Å². The van der Waals surface area contributed by atoms with E-state index < -0.39 is 0 Å². The Balaban J connectivity index is 1.85. The Labute approximate surface area is 107 Å². The lowest BCUT2D eigenvalue weighted by atomic mass is 9.98. The topological polar surface area (TPSA) is 72.9 Å². The average molecular weight is 255 g/mol. The van der Waals surface area contributed by atoms with Crippen LogP contribution in [0.2, 0.25) is 0 Å². The normalized spacial score (nSPS) is 22.1. The summed E-state index contributed by atoms with van der Waals surface area (Å²) in [5.41, 5.74) is 0. The zero-order chi connectivity index (χ0) is 13.0. The van der Waals surface area contributed by atoms with Crippen molar-refractivity contribution in [2.75, 3.05) is 45.9 Å². The third kappa shape index (κ3) is 3.00. The summed E-state index contributed by atoms with van der Waals surface area (Å²) < 4.78 is 0. The van der Waals surface area contributed by atoms with Gasteiger partial charge in [-0.1, -0.05) is 0 Å². The molecule has 0 radical (unpaired) electrons. The smallest absolute Gasteiger partial charge is 0.312 e. The molecule has 2 saturated heterocycles. The summed E-state index contributed by atoms with van der Waals surface area (Å²) in [5, 5.41) is 12.2. The number of hydrogen-bond donors (Lipinski definition) is 2. The molecule has 18 heavy (non-hydrogen) atoms. The van der Waals surface area contributed by atoms with Crippen LogP contribution in [-0.4, -0.2) is 72.6 Å². The van der Waals surface area contributed by atoms with Crippen LogP contribution in [0.15, 0.2) is 0 Å². The van der Waals surface area contributed by atoms with E-state index in [1.807, 2.05) is 0 Å². The Kier molecular flexibility index (Phi) is 4.54. The fourth-order valence-electron chi connectivity index (χ4n) is 2.46. The zero-order valence-electron chi connectivity index (χ0n) is 10.6. The summed E-state index contributed by atoms with van der Waals surface area (Å²) in [7, 11) is 0. The van der Waals surface area contributed by atoms with Crippen LogP contribution in [0.4, 0.5) is 0 Å². The second-order valence-corrected chi connectivity index (χ2v) is 4.96. The number of carbonyl (C=O) groups excluding carboxylic acids is 2. The van der Waals surface area contributed by atoms with E-state index in [2.05, 4.69) is 5.32 Å². The van der Waals surface area contributed by atoms with Gasteiger partial charge in [-0.3, -0.25) is 9.59 Å². The van der Waals surface area contributed by atoms with Gasteiger partial charge in [0, 0.05) is 45.9 Å². The molecule has 0 aromatic rings. The number of carbonyl (C=O) groups is 2. The average Bonchev–Trinajstić information content (AvgIpc) is 2.47. The zero-order valence-corrected chi connectivity index (χ0v) is 10.6. The van der Waals surface area contributed by atoms with Crippen molar-refractivity contribution in [3.05, 3.63) is 0 Å². The largest absolute Gasteiger partial charge is 0.396 e. The van der Waals surface area contributed by atoms with E-state index in [0.717, 1.165) is 25.9 Å². The maximum absolute atomic E-state index is 12.0. The van der Waals surface area contributed by atoms with Crippen molar-refractivity contribution in [3.8, 4) is 0 Å². The lowest BCUT2D eigenvalue weighted by Crippen LogP contribution is -2.53. The third-order valence-electron chi connectivity index (χ3n) is 3.75. The molecule has 2 rings (SSSR count). The van der Waals surface area contributed by atoms with Gasteiger partial charge in [0.2, 0.25) is 0 Å². The molecule has 0 aromatic heterocycles. The molecule has 2 aliphatic heterocycles. The maximum atomic E-state index is 12.0. The van der Waals surface area contributed by atoms with Crippen LogP contribution in [0.5, 0.6) is 0 Å². The Morgan fingerprint density at radius 3 is 2.00 bits per heavy atom. The van der Waals surface area contributed by atoms with Crippen molar-refractivity contribution < 1.29 is 14.7 Å². The highest BCUT2D eigenvalue weighted by atomic mass is 16.3. The van der Waals surface area contributed by atoms with Crippen molar-refractivity contribution in [2.45, 2.75) is 12.8 Å². The third-order valence-corrected chi connectivity index (χ3v) is 3.75. The quantitative estimate of drug-likeness (QED) is 0.568. The van der Waals surface area contributed by atoms with Crippen LogP contribution < -0.4 is 5.32 Å². The summed E-state index contributed by atoms with van der Waals surface area (Å²) >= 11 is 0. The van der Waals surface area contributed by atoms with Gasteiger partial charge in [-0.05, 0) is 18.8 Å². The predicted molar refractivity (Wildman–Crippen MR) is 65.8 cm³/mol. The minimum absolute atomic E-state index is 0.174. The minimum atomic E-state index is -0.381. The van der Waals surface area contributed by atoms with Crippen molar-refractivity contribution >= 4 is 11.8 Å². The van der Waals surface area contributed by atoms with E-state index in [1.54, 1.807) is 9.80 Å². The molecule has 0 aromatic carbocycles. The number of nitrogens with one attached hydrogen (secondary N) is 1. The Hall–Kier alpha value is -1.14. The molecule has 0 bridgehead atoms. The Morgan fingerprint density at radius 1 is 1.00 bits per heavy atom. The highest BCUT2D eigenvalue weighted by Crippen LogP contribution is 2.16. The molecule has 2 amide bonds. The lowest BCUT2D eigenvalue weighted by Gasteiger charge is -2.33. The predicted octanol–water partition coefficient (Wildman–Crippen LogP) is -1.35. The number of piperazine rings is 1. The van der Waals surface area contributed by atoms with Gasteiger partial charge in [0.25, 0.3) is 0 Å². The number of aliphatic hydroxyl groups excluding tert-OH is 1. The first kappa shape index (κ1) is 13.3. The lowest BCUT2D eigenvalue weighted by molar-refractivity contribution is -0.153. The molecule has 0 spiro atoms. The van der Waals surface area contributed by atoms with Crippen molar-refractivity contribution in [1.29, 1.82) is 0 Å². The van der Waals surface area contributed by atoms with Crippen molar-refractivity contribution in [1.82, 2.24) is 15.1 Å². The highest BCUT2D eigenvalue weighted by molar-refractivity contribution is 6.34. The number of nitrogens with zero attached hydrogens (tertiary/aromatic N) is 2. The maximum Gasteiger partial charge on any atom is 0.312 e. The van der Waals surface area contributed by atoms with Crippen LogP contribution in [0.1, 0.15) is 12.8 Å².